The Morgan fingerprint density at radius 2 is 1.95 bits per heavy atom. The third kappa shape index (κ3) is 2.50. The van der Waals surface area contributed by atoms with E-state index in [-0.39, 0.29) is 4.90 Å². The fourth-order valence-electron chi connectivity index (χ4n) is 2.36. The number of fused-ring (bicyclic) bond motifs is 1. The number of hydrogen-bond donors (Lipinski definition) is 2. The van der Waals surface area contributed by atoms with Crippen molar-refractivity contribution in [2.24, 2.45) is 0 Å². The van der Waals surface area contributed by atoms with Crippen molar-refractivity contribution in [1.29, 1.82) is 0 Å². The first-order valence-corrected chi connectivity index (χ1v) is 7.98. The van der Waals surface area contributed by atoms with Gasteiger partial charge < -0.3 is 0 Å². The second-order valence-corrected chi connectivity index (χ2v) is 6.66. The van der Waals surface area contributed by atoms with E-state index in [1.54, 1.807) is 37.4 Å². The molecule has 5 nitrogen and oxygen atoms in total. The monoisotopic (exact) mass is 301 g/mol. The van der Waals surface area contributed by atoms with Gasteiger partial charge in [0.15, 0.2) is 0 Å². The summed E-state index contributed by atoms with van der Waals surface area (Å²) in [6.45, 7) is 3.73. The van der Waals surface area contributed by atoms with Crippen LogP contribution in [0, 0.1) is 13.8 Å². The number of aromatic nitrogens is 2. The van der Waals surface area contributed by atoms with Gasteiger partial charge in [0.2, 0.25) is 0 Å². The summed E-state index contributed by atoms with van der Waals surface area (Å²) in [4.78, 5) is 0.286. The molecule has 0 aliphatic heterocycles. The molecule has 2 N–H and O–H groups in total. The number of aromatic amines is 1. The molecular weight excluding hydrogens is 286 g/mol. The first-order chi connectivity index (χ1) is 9.97. The van der Waals surface area contributed by atoms with Crippen molar-refractivity contribution < 1.29 is 8.42 Å². The van der Waals surface area contributed by atoms with E-state index in [0.717, 1.165) is 22.0 Å². The van der Waals surface area contributed by atoms with Gasteiger partial charge in [0, 0.05) is 5.39 Å². The molecule has 0 unspecified atom stereocenters. The van der Waals surface area contributed by atoms with Crippen molar-refractivity contribution in [3.05, 3.63) is 53.7 Å². The molecule has 0 spiro atoms. The van der Waals surface area contributed by atoms with Crippen LogP contribution in [0.1, 0.15) is 11.1 Å². The van der Waals surface area contributed by atoms with Crippen LogP contribution in [0.3, 0.4) is 0 Å². The Labute approximate surface area is 123 Å². The molecule has 0 atom stereocenters. The van der Waals surface area contributed by atoms with Crippen molar-refractivity contribution in [3.63, 3.8) is 0 Å². The maximum Gasteiger partial charge on any atom is 0.262 e. The van der Waals surface area contributed by atoms with Gasteiger partial charge in [0.25, 0.3) is 10.0 Å². The predicted molar refractivity (Wildman–Crippen MR) is 82.8 cm³/mol. The fourth-order valence-corrected chi connectivity index (χ4v) is 3.67. The minimum absolute atomic E-state index is 0.286. The Hall–Kier alpha value is -2.34. The second kappa shape index (κ2) is 4.89. The first-order valence-electron chi connectivity index (χ1n) is 6.49. The van der Waals surface area contributed by atoms with E-state index in [1.807, 2.05) is 19.1 Å². The highest BCUT2D eigenvalue weighted by Gasteiger charge is 2.18. The van der Waals surface area contributed by atoms with Crippen molar-refractivity contribution >= 4 is 26.6 Å². The molecule has 0 bridgehead atoms. The second-order valence-electron chi connectivity index (χ2n) is 5.01. The summed E-state index contributed by atoms with van der Waals surface area (Å²) in [7, 11) is -3.62. The average molecular weight is 301 g/mol. The van der Waals surface area contributed by atoms with Gasteiger partial charge in [-0.05, 0) is 37.6 Å². The molecule has 21 heavy (non-hydrogen) atoms. The SMILES string of the molecule is Cc1ccc(S(=O)(=O)Nc2cccc3[nH]ncc23)c(C)c1. The maximum atomic E-state index is 12.6. The summed E-state index contributed by atoms with van der Waals surface area (Å²) in [5.74, 6) is 0. The number of H-pyrrole nitrogens is 1. The zero-order valence-electron chi connectivity index (χ0n) is 11.7. The lowest BCUT2D eigenvalue weighted by molar-refractivity contribution is 0.600. The van der Waals surface area contributed by atoms with Gasteiger partial charge in [0.05, 0.1) is 22.3 Å². The van der Waals surface area contributed by atoms with Crippen LogP contribution in [0.15, 0.2) is 47.5 Å². The Morgan fingerprint density at radius 3 is 2.71 bits per heavy atom. The molecule has 108 valence electrons. The molecule has 0 radical (unpaired) electrons. The lowest BCUT2D eigenvalue weighted by Crippen LogP contribution is -2.14. The van der Waals surface area contributed by atoms with E-state index in [9.17, 15) is 8.42 Å². The minimum atomic E-state index is -3.62. The minimum Gasteiger partial charge on any atom is -0.279 e. The summed E-state index contributed by atoms with van der Waals surface area (Å²) in [6.07, 6.45) is 1.61. The van der Waals surface area contributed by atoms with Gasteiger partial charge >= 0.3 is 0 Å². The summed E-state index contributed by atoms with van der Waals surface area (Å²) in [6, 6.07) is 10.6. The topological polar surface area (TPSA) is 74.8 Å². The van der Waals surface area contributed by atoms with E-state index < -0.39 is 10.0 Å². The number of benzene rings is 2. The summed E-state index contributed by atoms with van der Waals surface area (Å²) < 4.78 is 27.8. The molecular formula is C15H15N3O2S. The molecule has 0 amide bonds. The number of hydrogen-bond acceptors (Lipinski definition) is 3. The standard InChI is InChI=1S/C15H15N3O2S/c1-10-6-7-15(11(2)8-10)21(19,20)18-14-5-3-4-13-12(14)9-16-17-13/h3-9,18H,1-2H3,(H,16,17). The van der Waals surface area contributed by atoms with Crippen LogP contribution in [-0.2, 0) is 10.0 Å². The van der Waals surface area contributed by atoms with E-state index in [4.69, 9.17) is 0 Å². The van der Waals surface area contributed by atoms with Gasteiger partial charge in [-0.25, -0.2) is 8.42 Å². The van der Waals surface area contributed by atoms with Crippen LogP contribution >= 0.6 is 0 Å². The molecule has 1 aromatic heterocycles. The lowest BCUT2D eigenvalue weighted by atomic mass is 10.2. The summed E-state index contributed by atoms with van der Waals surface area (Å²) >= 11 is 0. The third-order valence-electron chi connectivity index (χ3n) is 3.35. The van der Waals surface area contributed by atoms with Crippen molar-refractivity contribution in [3.8, 4) is 0 Å². The van der Waals surface area contributed by atoms with Crippen LogP contribution < -0.4 is 4.72 Å². The molecule has 0 saturated carbocycles. The van der Waals surface area contributed by atoms with Gasteiger partial charge in [-0.3, -0.25) is 9.82 Å². The van der Waals surface area contributed by atoms with Crippen LogP contribution in [-0.4, -0.2) is 18.6 Å². The lowest BCUT2D eigenvalue weighted by Gasteiger charge is -2.11. The first kappa shape index (κ1) is 13.6. The number of aryl methyl sites for hydroxylation is 2. The fraction of sp³-hybridized carbons (Fsp3) is 0.133. The van der Waals surface area contributed by atoms with Crippen LogP contribution in [0.5, 0.6) is 0 Å². The summed E-state index contributed by atoms with van der Waals surface area (Å²) in [5, 5.41) is 7.50. The predicted octanol–water partition coefficient (Wildman–Crippen LogP) is 2.98. The Bertz CT molecular complexity index is 914. The normalized spacial score (nSPS) is 11.7. The Kier molecular flexibility index (Phi) is 3.17. The van der Waals surface area contributed by atoms with Crippen LogP contribution in [0.2, 0.25) is 0 Å². The Morgan fingerprint density at radius 1 is 1.14 bits per heavy atom. The highest BCUT2D eigenvalue weighted by molar-refractivity contribution is 7.92. The van der Waals surface area contributed by atoms with E-state index in [1.165, 1.54) is 0 Å². The quantitative estimate of drug-likeness (QED) is 0.781. The molecule has 3 aromatic rings. The maximum absolute atomic E-state index is 12.6. The van der Waals surface area contributed by atoms with Crippen molar-refractivity contribution in [1.82, 2.24) is 10.2 Å². The Balaban J connectivity index is 2.05. The third-order valence-corrected chi connectivity index (χ3v) is 4.87. The molecule has 0 saturated heterocycles. The van der Waals surface area contributed by atoms with E-state index >= 15 is 0 Å². The smallest absolute Gasteiger partial charge is 0.262 e. The largest absolute Gasteiger partial charge is 0.279 e. The number of nitrogens with one attached hydrogen (secondary N) is 2. The van der Waals surface area contributed by atoms with Crippen LogP contribution in [0.25, 0.3) is 10.9 Å². The molecule has 0 fully saturated rings. The molecule has 3 rings (SSSR count). The van der Waals surface area contributed by atoms with E-state index in [0.29, 0.717) is 5.69 Å². The highest BCUT2D eigenvalue weighted by atomic mass is 32.2. The molecule has 6 heteroatoms. The zero-order valence-corrected chi connectivity index (χ0v) is 12.5. The molecule has 2 aromatic carbocycles. The van der Waals surface area contributed by atoms with Gasteiger partial charge in [-0.1, -0.05) is 23.8 Å². The highest BCUT2D eigenvalue weighted by Crippen LogP contribution is 2.25. The van der Waals surface area contributed by atoms with Crippen molar-refractivity contribution in [2.75, 3.05) is 4.72 Å². The molecule has 1 heterocycles. The number of rotatable bonds is 3. The summed E-state index contributed by atoms with van der Waals surface area (Å²) in [5.41, 5.74) is 3.06. The van der Waals surface area contributed by atoms with Gasteiger partial charge in [0.1, 0.15) is 0 Å². The van der Waals surface area contributed by atoms with Gasteiger partial charge in [-0.15, -0.1) is 0 Å². The zero-order chi connectivity index (χ0) is 15.0. The molecule has 0 aliphatic carbocycles. The number of nitrogens with zero attached hydrogens (tertiary/aromatic N) is 1. The molecule has 0 aliphatic rings. The van der Waals surface area contributed by atoms with Gasteiger partial charge in [-0.2, -0.15) is 5.10 Å². The number of anilines is 1. The van der Waals surface area contributed by atoms with E-state index in [2.05, 4.69) is 14.9 Å². The number of sulfonamides is 1. The van der Waals surface area contributed by atoms with Crippen LogP contribution in [0.4, 0.5) is 5.69 Å². The van der Waals surface area contributed by atoms with Crippen molar-refractivity contribution in [2.45, 2.75) is 18.7 Å². The average Bonchev–Trinajstić information content (AvgIpc) is 2.87.